The second-order valence-electron chi connectivity index (χ2n) is 7.54. The van der Waals surface area contributed by atoms with Gasteiger partial charge in [-0.1, -0.05) is 90.0 Å². The SMILES string of the molecule is Cc1ccc([C@H](C)N)cc1.Cc1ccc([C@H](C)NC(=O)OCc2ccccc2)cc1. The molecule has 2 atom stereocenters. The highest BCUT2D eigenvalue weighted by Crippen LogP contribution is 2.13. The predicted molar refractivity (Wildman–Crippen MR) is 123 cm³/mol. The van der Waals surface area contributed by atoms with E-state index in [1.807, 2.05) is 75.4 Å². The molecule has 0 saturated carbocycles. The van der Waals surface area contributed by atoms with Gasteiger partial charge < -0.3 is 15.8 Å². The minimum Gasteiger partial charge on any atom is -0.445 e. The molecular formula is C26H32N2O2. The van der Waals surface area contributed by atoms with Gasteiger partial charge in [-0.2, -0.15) is 0 Å². The van der Waals surface area contributed by atoms with Crippen LogP contribution in [-0.4, -0.2) is 6.09 Å². The van der Waals surface area contributed by atoms with Gasteiger partial charge in [0.2, 0.25) is 0 Å². The highest BCUT2D eigenvalue weighted by molar-refractivity contribution is 5.67. The first kappa shape index (κ1) is 23.2. The summed E-state index contributed by atoms with van der Waals surface area (Å²) in [4.78, 5) is 11.7. The van der Waals surface area contributed by atoms with E-state index < -0.39 is 6.09 Å². The maximum absolute atomic E-state index is 11.7. The Morgan fingerprint density at radius 3 is 1.83 bits per heavy atom. The Balaban J connectivity index is 0.000000269. The first-order chi connectivity index (χ1) is 14.3. The van der Waals surface area contributed by atoms with E-state index in [4.69, 9.17) is 10.5 Å². The fraction of sp³-hybridized carbons (Fsp3) is 0.269. The number of benzene rings is 3. The minimum absolute atomic E-state index is 0.0705. The molecule has 0 heterocycles. The van der Waals surface area contributed by atoms with Crippen molar-refractivity contribution in [2.24, 2.45) is 5.73 Å². The molecule has 0 unspecified atom stereocenters. The third-order valence-electron chi connectivity index (χ3n) is 4.73. The fourth-order valence-electron chi connectivity index (χ4n) is 2.75. The number of alkyl carbamates (subject to hydrolysis) is 1. The van der Waals surface area contributed by atoms with E-state index in [1.54, 1.807) is 0 Å². The summed E-state index contributed by atoms with van der Waals surface area (Å²) in [7, 11) is 0. The van der Waals surface area contributed by atoms with E-state index in [9.17, 15) is 4.79 Å². The molecule has 0 aromatic heterocycles. The number of carbonyl (C=O) groups is 1. The number of aryl methyl sites for hydroxylation is 2. The van der Waals surface area contributed by atoms with Crippen LogP contribution in [-0.2, 0) is 11.3 Å². The number of nitrogens with one attached hydrogen (secondary N) is 1. The normalized spacial score (nSPS) is 12.2. The van der Waals surface area contributed by atoms with Gasteiger partial charge in [-0.3, -0.25) is 0 Å². The molecule has 1 amide bonds. The van der Waals surface area contributed by atoms with Crippen molar-refractivity contribution in [1.82, 2.24) is 5.32 Å². The lowest BCUT2D eigenvalue weighted by molar-refractivity contribution is 0.136. The van der Waals surface area contributed by atoms with Crippen LogP contribution < -0.4 is 11.1 Å². The van der Waals surface area contributed by atoms with Crippen molar-refractivity contribution in [2.45, 2.75) is 46.4 Å². The van der Waals surface area contributed by atoms with Gasteiger partial charge in [-0.05, 0) is 44.4 Å². The first-order valence-corrected chi connectivity index (χ1v) is 10.2. The van der Waals surface area contributed by atoms with Crippen LogP contribution in [0.15, 0.2) is 78.9 Å². The summed E-state index contributed by atoms with van der Waals surface area (Å²) in [6, 6.07) is 26.1. The van der Waals surface area contributed by atoms with Gasteiger partial charge in [0.25, 0.3) is 0 Å². The molecule has 3 aromatic rings. The lowest BCUT2D eigenvalue weighted by Gasteiger charge is -2.14. The van der Waals surface area contributed by atoms with Crippen LogP contribution in [0.25, 0.3) is 0 Å². The topological polar surface area (TPSA) is 64.3 Å². The number of nitrogens with two attached hydrogens (primary N) is 1. The summed E-state index contributed by atoms with van der Waals surface area (Å²) < 4.78 is 5.19. The average molecular weight is 405 g/mol. The molecule has 0 saturated heterocycles. The number of hydrogen-bond acceptors (Lipinski definition) is 3. The Kier molecular flexibility index (Phi) is 9.10. The van der Waals surface area contributed by atoms with Gasteiger partial charge in [0, 0.05) is 6.04 Å². The van der Waals surface area contributed by atoms with E-state index in [0.29, 0.717) is 0 Å². The van der Waals surface area contributed by atoms with Crippen molar-refractivity contribution in [3.8, 4) is 0 Å². The molecule has 0 aliphatic carbocycles. The molecule has 3 aromatic carbocycles. The molecule has 4 heteroatoms. The van der Waals surface area contributed by atoms with Crippen LogP contribution in [0.3, 0.4) is 0 Å². The van der Waals surface area contributed by atoms with Gasteiger partial charge in [-0.15, -0.1) is 0 Å². The van der Waals surface area contributed by atoms with Gasteiger partial charge in [0.15, 0.2) is 0 Å². The van der Waals surface area contributed by atoms with Gasteiger partial charge in [0.05, 0.1) is 6.04 Å². The Morgan fingerprint density at radius 2 is 1.33 bits per heavy atom. The summed E-state index contributed by atoms with van der Waals surface area (Å²) >= 11 is 0. The number of rotatable bonds is 5. The summed E-state index contributed by atoms with van der Waals surface area (Å²) in [6.07, 6.45) is -0.401. The minimum atomic E-state index is -0.401. The molecule has 0 fully saturated rings. The van der Waals surface area contributed by atoms with Gasteiger partial charge in [0.1, 0.15) is 6.61 Å². The standard InChI is InChI=1S/C17H19NO2.C9H13N/c1-13-8-10-16(11-9-13)14(2)18-17(19)20-12-15-6-4-3-5-7-15;1-7-3-5-9(6-4-7)8(2)10/h3-11,14H,12H2,1-2H3,(H,18,19);3-6,8H,10H2,1-2H3/t14-;8-/m00/s1. The van der Waals surface area contributed by atoms with Crippen molar-refractivity contribution >= 4 is 6.09 Å². The summed E-state index contributed by atoms with van der Waals surface area (Å²) in [6.45, 7) is 8.33. The molecule has 0 radical (unpaired) electrons. The number of carbonyl (C=O) groups excluding carboxylic acids is 1. The summed E-state index contributed by atoms with van der Waals surface area (Å²) in [5.74, 6) is 0. The highest BCUT2D eigenvalue weighted by atomic mass is 16.5. The number of ether oxygens (including phenoxy) is 1. The van der Waals surface area contributed by atoms with Crippen molar-refractivity contribution in [1.29, 1.82) is 0 Å². The van der Waals surface area contributed by atoms with Crippen molar-refractivity contribution in [2.75, 3.05) is 0 Å². The molecule has 0 aliphatic rings. The molecule has 30 heavy (non-hydrogen) atoms. The summed E-state index contributed by atoms with van der Waals surface area (Å²) in [5.41, 5.74) is 11.4. The number of hydrogen-bond donors (Lipinski definition) is 2. The molecular weight excluding hydrogens is 372 g/mol. The molecule has 4 nitrogen and oxygen atoms in total. The highest BCUT2D eigenvalue weighted by Gasteiger charge is 2.10. The molecule has 3 N–H and O–H groups in total. The average Bonchev–Trinajstić information content (AvgIpc) is 2.74. The van der Waals surface area contributed by atoms with Gasteiger partial charge >= 0.3 is 6.09 Å². The van der Waals surface area contributed by atoms with E-state index in [0.717, 1.165) is 11.1 Å². The second-order valence-corrected chi connectivity index (χ2v) is 7.54. The van der Waals surface area contributed by atoms with Crippen molar-refractivity contribution in [3.63, 3.8) is 0 Å². The van der Waals surface area contributed by atoms with Crippen LogP contribution in [0.1, 0.15) is 53.7 Å². The Morgan fingerprint density at radius 1 is 0.833 bits per heavy atom. The fourth-order valence-corrected chi connectivity index (χ4v) is 2.75. The first-order valence-electron chi connectivity index (χ1n) is 10.2. The predicted octanol–water partition coefficient (Wildman–Crippen LogP) is 6.00. The van der Waals surface area contributed by atoms with Crippen LogP contribution >= 0.6 is 0 Å². The molecule has 3 rings (SSSR count). The zero-order valence-corrected chi connectivity index (χ0v) is 18.3. The Hall–Kier alpha value is -3.11. The van der Waals surface area contributed by atoms with E-state index in [1.165, 1.54) is 16.7 Å². The van der Waals surface area contributed by atoms with E-state index >= 15 is 0 Å². The monoisotopic (exact) mass is 404 g/mol. The smallest absolute Gasteiger partial charge is 0.407 e. The lowest BCUT2D eigenvalue weighted by atomic mass is 10.1. The quantitative estimate of drug-likeness (QED) is 0.548. The zero-order valence-electron chi connectivity index (χ0n) is 18.3. The van der Waals surface area contributed by atoms with Crippen LogP contribution in [0.5, 0.6) is 0 Å². The third-order valence-corrected chi connectivity index (χ3v) is 4.73. The Labute approximate surface area is 180 Å². The second kappa shape index (κ2) is 11.8. The summed E-state index contributed by atoms with van der Waals surface area (Å²) in [5, 5.41) is 2.82. The maximum atomic E-state index is 11.7. The molecule has 158 valence electrons. The van der Waals surface area contributed by atoms with Crippen LogP contribution in [0, 0.1) is 13.8 Å². The van der Waals surface area contributed by atoms with E-state index in [-0.39, 0.29) is 18.7 Å². The number of amides is 1. The van der Waals surface area contributed by atoms with E-state index in [2.05, 4.69) is 36.5 Å². The molecule has 0 spiro atoms. The maximum Gasteiger partial charge on any atom is 0.407 e. The van der Waals surface area contributed by atoms with Crippen LogP contribution in [0.4, 0.5) is 4.79 Å². The lowest BCUT2D eigenvalue weighted by Crippen LogP contribution is -2.27. The largest absolute Gasteiger partial charge is 0.445 e. The molecule has 0 bridgehead atoms. The zero-order chi connectivity index (χ0) is 21.9. The van der Waals surface area contributed by atoms with Crippen molar-refractivity contribution in [3.05, 3.63) is 107 Å². The van der Waals surface area contributed by atoms with Crippen LogP contribution in [0.2, 0.25) is 0 Å². The van der Waals surface area contributed by atoms with Crippen molar-refractivity contribution < 1.29 is 9.53 Å². The third kappa shape index (κ3) is 8.10. The molecule has 0 aliphatic heterocycles. The van der Waals surface area contributed by atoms with Gasteiger partial charge in [-0.25, -0.2) is 4.79 Å². The Bertz CT molecular complexity index is 889.